The molecule has 0 atom stereocenters. The average Bonchev–Trinajstić information content (AvgIpc) is 3.20. The fourth-order valence-corrected chi connectivity index (χ4v) is 6.95. The zero-order valence-electron chi connectivity index (χ0n) is 36.2. The van der Waals surface area contributed by atoms with Crippen LogP contribution in [0.5, 0.6) is 17.2 Å². The zero-order valence-corrected chi connectivity index (χ0v) is 36.2. The highest BCUT2D eigenvalue weighted by atomic mass is 16.5. The van der Waals surface area contributed by atoms with Crippen molar-refractivity contribution in [1.82, 2.24) is 0 Å². The maximum atomic E-state index is 6.29. The minimum absolute atomic E-state index is 0.644. The SMILES string of the molecule is CCCCCCCCCCOc1cc(N)cc(C#Cc2cc(C#Cc3cc(N)cc(OCCCCCCCCCC)c3)cc(OCCCCCCCCCC)c2)c1. The van der Waals surface area contributed by atoms with Crippen molar-refractivity contribution in [2.24, 2.45) is 0 Å². The number of anilines is 2. The molecule has 3 aromatic rings. The Balaban J connectivity index is 1.66. The van der Waals surface area contributed by atoms with Crippen molar-refractivity contribution in [3.05, 3.63) is 76.9 Å². The van der Waals surface area contributed by atoms with E-state index in [0.29, 0.717) is 31.2 Å². The summed E-state index contributed by atoms with van der Waals surface area (Å²) in [7, 11) is 0. The van der Waals surface area contributed by atoms with Gasteiger partial charge >= 0.3 is 0 Å². The van der Waals surface area contributed by atoms with Crippen molar-refractivity contribution in [3.63, 3.8) is 0 Å². The first-order valence-electron chi connectivity index (χ1n) is 22.9. The molecule has 0 heterocycles. The van der Waals surface area contributed by atoms with Crippen LogP contribution >= 0.6 is 0 Å². The third-order valence-electron chi connectivity index (χ3n) is 10.3. The van der Waals surface area contributed by atoms with E-state index in [0.717, 1.165) is 58.8 Å². The summed E-state index contributed by atoms with van der Waals surface area (Å²) in [5, 5.41) is 0. The molecule has 0 saturated carbocycles. The molecule has 312 valence electrons. The summed E-state index contributed by atoms with van der Waals surface area (Å²) < 4.78 is 18.5. The number of nitrogens with two attached hydrogens (primary N) is 2. The minimum atomic E-state index is 0.644. The van der Waals surface area contributed by atoms with Crippen molar-refractivity contribution >= 4 is 11.4 Å². The standard InChI is InChI=1S/C52H76N2O3/c1-4-7-10-13-16-19-22-25-32-55-50-38-44(28-30-46-36-48(53)42-51(40-46)56-33-26-23-20-17-14-11-8-5-2)35-45(39-50)29-31-47-37-49(54)43-52(41-47)57-34-27-24-21-18-15-12-9-6-3/h35-43H,4-27,32-34,53-54H2,1-3H3. The second kappa shape index (κ2) is 30.9. The number of hydrogen-bond acceptors (Lipinski definition) is 5. The lowest BCUT2D eigenvalue weighted by molar-refractivity contribution is 0.304. The summed E-state index contributed by atoms with van der Waals surface area (Å²) in [5.74, 6) is 15.7. The molecule has 0 aliphatic heterocycles. The first-order chi connectivity index (χ1) is 28.0. The van der Waals surface area contributed by atoms with Gasteiger partial charge in [0.05, 0.1) is 19.8 Å². The van der Waals surface area contributed by atoms with Gasteiger partial charge in [-0.05, 0) is 61.7 Å². The summed E-state index contributed by atoms with van der Waals surface area (Å²) in [6.45, 7) is 8.83. The van der Waals surface area contributed by atoms with E-state index in [-0.39, 0.29) is 0 Å². The van der Waals surface area contributed by atoms with Gasteiger partial charge in [0.1, 0.15) is 17.2 Å². The van der Waals surface area contributed by atoms with Crippen LogP contribution in [0.2, 0.25) is 0 Å². The number of rotatable bonds is 30. The van der Waals surface area contributed by atoms with Gasteiger partial charge in [-0.2, -0.15) is 0 Å². The predicted octanol–water partition coefficient (Wildman–Crippen LogP) is 14.2. The van der Waals surface area contributed by atoms with Gasteiger partial charge in [-0.3, -0.25) is 0 Å². The summed E-state index contributed by atoms with van der Waals surface area (Å²) in [5.41, 5.74) is 17.2. The molecule has 0 radical (unpaired) electrons. The lowest BCUT2D eigenvalue weighted by atomic mass is 10.1. The second-order valence-electron chi connectivity index (χ2n) is 15.8. The summed E-state index contributed by atoms with van der Waals surface area (Å²) in [4.78, 5) is 0. The van der Waals surface area contributed by atoms with E-state index in [2.05, 4.69) is 44.5 Å². The van der Waals surface area contributed by atoms with Crippen molar-refractivity contribution in [2.45, 2.75) is 175 Å². The Morgan fingerprint density at radius 3 is 0.860 bits per heavy atom. The lowest BCUT2D eigenvalue weighted by Gasteiger charge is -2.09. The number of unbranched alkanes of at least 4 members (excludes halogenated alkanes) is 21. The molecule has 0 fully saturated rings. The van der Waals surface area contributed by atoms with Crippen molar-refractivity contribution in [1.29, 1.82) is 0 Å². The zero-order chi connectivity index (χ0) is 40.6. The van der Waals surface area contributed by atoms with Crippen molar-refractivity contribution in [3.8, 4) is 40.9 Å². The summed E-state index contributed by atoms with van der Waals surface area (Å²) in [6, 6.07) is 17.5. The fraction of sp³-hybridized carbons (Fsp3) is 0.577. The van der Waals surface area contributed by atoms with Crippen molar-refractivity contribution < 1.29 is 14.2 Å². The largest absolute Gasteiger partial charge is 0.494 e. The molecule has 4 N–H and O–H groups in total. The van der Waals surface area contributed by atoms with Gasteiger partial charge in [-0.15, -0.1) is 0 Å². The molecule has 0 aromatic heterocycles. The third kappa shape index (κ3) is 22.9. The van der Waals surface area contributed by atoms with E-state index in [9.17, 15) is 0 Å². The van der Waals surface area contributed by atoms with Crippen LogP contribution in [0.15, 0.2) is 54.6 Å². The van der Waals surface area contributed by atoms with Gasteiger partial charge in [-0.25, -0.2) is 0 Å². The molecule has 0 aliphatic carbocycles. The summed E-state index contributed by atoms with van der Waals surface area (Å²) in [6.07, 6.45) is 30.3. The van der Waals surface area contributed by atoms with Crippen molar-refractivity contribution in [2.75, 3.05) is 31.3 Å². The number of nitrogen functional groups attached to an aromatic ring is 2. The number of benzene rings is 3. The van der Waals surface area contributed by atoms with Gasteiger partial charge in [0.25, 0.3) is 0 Å². The van der Waals surface area contributed by atoms with E-state index in [1.165, 1.54) is 135 Å². The van der Waals surface area contributed by atoms with E-state index < -0.39 is 0 Å². The average molecular weight is 777 g/mol. The lowest BCUT2D eigenvalue weighted by Crippen LogP contribution is -1.99. The first-order valence-corrected chi connectivity index (χ1v) is 22.9. The van der Waals surface area contributed by atoms with Gasteiger partial charge in [0.15, 0.2) is 0 Å². The molecule has 5 nitrogen and oxygen atoms in total. The quantitative estimate of drug-likeness (QED) is 0.0400. The number of ether oxygens (including phenoxy) is 3. The second-order valence-corrected chi connectivity index (χ2v) is 15.8. The predicted molar refractivity (Wildman–Crippen MR) is 244 cm³/mol. The van der Waals surface area contributed by atoms with Crippen LogP contribution in [0.4, 0.5) is 11.4 Å². The molecule has 0 bridgehead atoms. The maximum absolute atomic E-state index is 6.29. The first kappa shape index (κ1) is 47.2. The fourth-order valence-electron chi connectivity index (χ4n) is 6.95. The highest BCUT2D eigenvalue weighted by molar-refractivity contribution is 5.58. The number of hydrogen-bond donors (Lipinski definition) is 2. The molecular weight excluding hydrogens is 701 g/mol. The molecule has 0 aliphatic rings. The van der Waals surface area contributed by atoms with Gasteiger partial charge in [-0.1, -0.05) is 179 Å². The van der Waals surface area contributed by atoms with Crippen LogP contribution in [0.1, 0.15) is 197 Å². The Morgan fingerprint density at radius 1 is 0.316 bits per heavy atom. The van der Waals surface area contributed by atoms with Gasteiger partial charge in [0, 0.05) is 45.8 Å². The van der Waals surface area contributed by atoms with Crippen LogP contribution in [0, 0.1) is 23.7 Å². The van der Waals surface area contributed by atoms with E-state index in [4.69, 9.17) is 25.7 Å². The Kier molecular flexibility index (Phi) is 25.5. The molecule has 57 heavy (non-hydrogen) atoms. The molecule has 5 heteroatoms. The molecular formula is C52H76N2O3. The molecule has 0 amide bonds. The van der Waals surface area contributed by atoms with Crippen LogP contribution in [-0.2, 0) is 0 Å². The summed E-state index contributed by atoms with van der Waals surface area (Å²) >= 11 is 0. The Labute approximate surface area is 348 Å². The van der Waals surface area contributed by atoms with E-state index >= 15 is 0 Å². The molecule has 0 unspecified atom stereocenters. The maximum Gasteiger partial charge on any atom is 0.122 e. The molecule has 3 aromatic carbocycles. The van der Waals surface area contributed by atoms with E-state index in [1.807, 2.05) is 54.6 Å². The topological polar surface area (TPSA) is 79.7 Å². The molecule has 0 saturated heterocycles. The highest BCUT2D eigenvalue weighted by Gasteiger charge is 2.04. The highest BCUT2D eigenvalue weighted by Crippen LogP contribution is 2.23. The smallest absolute Gasteiger partial charge is 0.122 e. The van der Waals surface area contributed by atoms with Gasteiger partial charge in [0.2, 0.25) is 0 Å². The third-order valence-corrected chi connectivity index (χ3v) is 10.3. The van der Waals surface area contributed by atoms with E-state index in [1.54, 1.807) is 0 Å². The molecule has 3 rings (SSSR count). The Bertz CT molecular complexity index is 1530. The monoisotopic (exact) mass is 777 g/mol. The van der Waals surface area contributed by atoms with Crippen LogP contribution in [0.3, 0.4) is 0 Å². The minimum Gasteiger partial charge on any atom is -0.494 e. The van der Waals surface area contributed by atoms with Gasteiger partial charge < -0.3 is 25.7 Å². The Morgan fingerprint density at radius 2 is 0.561 bits per heavy atom. The molecule has 0 spiro atoms. The van der Waals surface area contributed by atoms with Crippen LogP contribution in [0.25, 0.3) is 0 Å². The van der Waals surface area contributed by atoms with Crippen LogP contribution in [-0.4, -0.2) is 19.8 Å². The normalized spacial score (nSPS) is 10.7. The van der Waals surface area contributed by atoms with Crippen LogP contribution < -0.4 is 25.7 Å². The Hall–Kier alpha value is -4.22.